The molecule has 12 atom stereocenters. The van der Waals surface area contributed by atoms with E-state index in [0.29, 0.717) is 75.5 Å². The van der Waals surface area contributed by atoms with Crippen molar-refractivity contribution in [3.63, 3.8) is 0 Å². The Morgan fingerprint density at radius 1 is 0.632 bits per heavy atom. The Labute approximate surface area is 624 Å². The first-order chi connectivity index (χ1) is 49.9. The molecule has 0 aromatic rings. The van der Waals surface area contributed by atoms with Crippen molar-refractivity contribution in [3.8, 4) is 0 Å². The Balaban J connectivity index is 1.19. The lowest BCUT2D eigenvalue weighted by Crippen LogP contribution is -2.68. The zero-order valence-electron chi connectivity index (χ0n) is 63.6. The van der Waals surface area contributed by atoms with Crippen molar-refractivity contribution in [2.45, 2.75) is 266 Å². The summed E-state index contributed by atoms with van der Waals surface area (Å²) in [6, 6.07) is -11.6. The lowest BCUT2D eigenvalue weighted by Gasteiger charge is -2.47. The van der Waals surface area contributed by atoms with E-state index in [4.69, 9.17) is 16.3 Å². The minimum absolute atomic E-state index is 0.00847. The van der Waals surface area contributed by atoms with Gasteiger partial charge in [-0.25, -0.2) is 13.2 Å². The van der Waals surface area contributed by atoms with Crippen LogP contribution in [0.3, 0.4) is 0 Å². The molecule has 8 rings (SSSR count). The van der Waals surface area contributed by atoms with Crippen LogP contribution >= 0.6 is 11.6 Å². The number of hydrogen-bond donors (Lipinski definition) is 3. The fraction of sp³-hybridized carbons (Fsp3) is 0.838. The highest BCUT2D eigenvalue weighted by Gasteiger charge is 2.57. The molecule has 0 aromatic carbocycles. The van der Waals surface area contributed by atoms with Gasteiger partial charge in [0, 0.05) is 73.7 Å². The maximum absolute atomic E-state index is 16.2. The van der Waals surface area contributed by atoms with Crippen LogP contribution in [0.4, 0.5) is 26.3 Å². The van der Waals surface area contributed by atoms with Crippen molar-refractivity contribution < 1.29 is 88.6 Å². The summed E-state index contributed by atoms with van der Waals surface area (Å²) < 4.78 is 94.9. The number of nitrogens with one attached hydrogen (secondary N) is 3. The minimum Gasteiger partial charge on any atom is -0.378 e. The van der Waals surface area contributed by atoms with E-state index in [2.05, 4.69) is 16.0 Å². The molecule has 32 heteroatoms. The number of rotatable bonds is 11. The number of likely N-dealkylation sites (N-methyl/N-ethyl adjacent to an activating group) is 6. The molecule has 8 fully saturated rings. The molecule has 4 saturated heterocycles. The van der Waals surface area contributed by atoms with Gasteiger partial charge in [-0.05, 0) is 145 Å². The molecule has 12 amide bonds. The summed E-state index contributed by atoms with van der Waals surface area (Å²) in [5.74, 6) is -17.3. The molecule has 8 aliphatic rings. The van der Waals surface area contributed by atoms with Crippen molar-refractivity contribution >= 4 is 82.5 Å². The van der Waals surface area contributed by atoms with E-state index < -0.39 is 205 Å². The standard InChI is InChI=1S/C74H115ClF6N12O13/c1-11-45(4)61-69(103)86(6)42-60(96)87(7)53-20-13-12-16-31-92(68(53)102)56(38-47-21-25-49(76)26-22-47)66(100)85(5)41-58(94)82-52(28-24-46-23-27-50(51(75)37-46)74(79,80)81)65(99)93-43-73(77,78)40-57(93)64(98)84-72(29-17-30-72)71(105)90(10)62(48-18-14-15-19-48)70(104)89(9)55(67(101)91-32-34-106-35-33-91)39-59(95)88(8)54(36-44(2)3)63(97)83-61/h44-57,61-62H,11-43H2,1-10H3,(H,82,94)(H,83,97)(H,84,98)/t45-,46?,47?,49?,50?,51?,52-,53-,54-,55-,56-,57-,61-,62-/m0/s1. The van der Waals surface area contributed by atoms with E-state index in [-0.39, 0.29) is 122 Å². The van der Waals surface area contributed by atoms with Crippen molar-refractivity contribution in [2.75, 3.05) is 94.8 Å². The van der Waals surface area contributed by atoms with Crippen molar-refractivity contribution in [3.05, 3.63) is 0 Å². The Morgan fingerprint density at radius 2 is 1.26 bits per heavy atom. The molecular formula is C74H115ClF6N12O13. The van der Waals surface area contributed by atoms with Gasteiger partial charge in [-0.15, -0.1) is 11.6 Å². The molecule has 0 radical (unpaired) electrons. The maximum Gasteiger partial charge on any atom is 0.393 e. The lowest BCUT2D eigenvalue weighted by molar-refractivity contribution is -0.182. The van der Waals surface area contributed by atoms with Crippen LogP contribution in [0.1, 0.15) is 188 Å². The lowest BCUT2D eigenvalue weighted by atomic mass is 9.74. The summed E-state index contributed by atoms with van der Waals surface area (Å²) in [5.41, 5.74) is -1.82. The van der Waals surface area contributed by atoms with Gasteiger partial charge in [-0.3, -0.25) is 57.5 Å². The van der Waals surface area contributed by atoms with Gasteiger partial charge in [0.05, 0.1) is 45.2 Å². The normalized spacial score (nSPS) is 32.0. The predicted octanol–water partition coefficient (Wildman–Crippen LogP) is 6.06. The molecule has 106 heavy (non-hydrogen) atoms. The second kappa shape index (κ2) is 36.8. The highest BCUT2D eigenvalue weighted by Crippen LogP contribution is 2.45. The first-order valence-corrected chi connectivity index (χ1v) is 39.0. The van der Waals surface area contributed by atoms with Gasteiger partial charge in [-0.1, -0.05) is 59.8 Å². The summed E-state index contributed by atoms with van der Waals surface area (Å²) in [5, 5.41) is 6.89. The highest BCUT2D eigenvalue weighted by molar-refractivity contribution is 6.21. The van der Waals surface area contributed by atoms with Gasteiger partial charge in [0.1, 0.15) is 60.0 Å². The van der Waals surface area contributed by atoms with Gasteiger partial charge in [0.2, 0.25) is 70.9 Å². The van der Waals surface area contributed by atoms with Gasteiger partial charge < -0.3 is 64.8 Å². The number of carbonyl (C=O) groups excluding carboxylic acids is 12. The Kier molecular flexibility index (Phi) is 29.5. The molecule has 598 valence electrons. The third-order valence-corrected chi connectivity index (χ3v) is 24.7. The fourth-order valence-corrected chi connectivity index (χ4v) is 17.7. The molecular weight excluding hydrogens is 1410 g/mol. The van der Waals surface area contributed by atoms with Crippen LogP contribution in [0, 0.1) is 35.5 Å². The largest absolute Gasteiger partial charge is 0.393 e. The monoisotopic (exact) mass is 1530 g/mol. The number of fused-ring (bicyclic) bond motifs is 3. The Bertz CT molecular complexity index is 3150. The SMILES string of the molecule is CC[C@H](C)[C@@H]1NC(=O)[C@H](CC(C)C)N(C)C(=O)C[C@@H](C(=O)N2CCOCC2)N(C)C(=O)[C@H](C2CCCC2)N(C)C(=O)C2(CCC2)NC(=O)[C@@H]2CC(F)(F)CN2C(=O)[C@H](CCC2CCC(C(F)(F)F)C(Cl)C2)NC(=O)CN(C)C(=O)[C@H](CC2CCC(F)CC2)N2CCCCC[C@@H](C2=O)N(C)C(=O)CN(C)C1=O. The van der Waals surface area contributed by atoms with E-state index in [0.717, 1.165) is 14.7 Å². The van der Waals surface area contributed by atoms with Crippen molar-refractivity contribution in [1.82, 2.24) is 60.0 Å². The number of carbonyl (C=O) groups is 12. The predicted molar refractivity (Wildman–Crippen MR) is 379 cm³/mol. The van der Waals surface area contributed by atoms with Gasteiger partial charge in [0.25, 0.3) is 5.92 Å². The first-order valence-electron chi connectivity index (χ1n) is 38.6. The molecule has 4 heterocycles. The molecule has 1 spiro atoms. The molecule has 4 aliphatic heterocycles. The molecule has 0 aromatic heterocycles. The Morgan fingerprint density at radius 3 is 1.87 bits per heavy atom. The van der Waals surface area contributed by atoms with Crippen LogP contribution in [0.5, 0.6) is 0 Å². The Hall–Kier alpha value is -6.53. The minimum atomic E-state index is -4.60. The van der Waals surface area contributed by atoms with E-state index >= 15 is 47.1 Å². The van der Waals surface area contributed by atoms with Crippen LogP contribution in [0.15, 0.2) is 0 Å². The number of ether oxygens (including phenoxy) is 1. The number of nitrogens with zero attached hydrogens (tertiary/aromatic N) is 9. The first kappa shape index (κ1) is 85.1. The molecule has 4 saturated carbocycles. The smallest absolute Gasteiger partial charge is 0.378 e. The van der Waals surface area contributed by atoms with Gasteiger partial charge in [0.15, 0.2) is 0 Å². The average Bonchev–Trinajstić information content (AvgIpc) is 1.46. The molecule has 3 unspecified atom stereocenters. The van der Waals surface area contributed by atoms with Crippen molar-refractivity contribution in [1.29, 1.82) is 0 Å². The zero-order valence-corrected chi connectivity index (χ0v) is 64.3. The maximum atomic E-state index is 16.2. The number of alkyl halides is 7. The number of hydrogen-bond acceptors (Lipinski definition) is 13. The second-order valence-electron chi connectivity index (χ2n) is 32.2. The second-order valence-corrected chi connectivity index (χ2v) is 32.8. The zero-order chi connectivity index (χ0) is 78.0. The fourth-order valence-electron chi connectivity index (χ4n) is 17.2. The average molecular weight is 1530 g/mol. The van der Waals surface area contributed by atoms with Gasteiger partial charge >= 0.3 is 6.18 Å². The summed E-state index contributed by atoms with van der Waals surface area (Å²) in [6.45, 7) is 5.02. The summed E-state index contributed by atoms with van der Waals surface area (Å²) in [7, 11) is 8.19. The summed E-state index contributed by atoms with van der Waals surface area (Å²) in [6.07, 6.45) is -2.81. The summed E-state index contributed by atoms with van der Waals surface area (Å²) in [4.78, 5) is 192. The quantitative estimate of drug-likeness (QED) is 0.157. The number of morpholine rings is 1. The molecule has 3 N–H and O–H groups in total. The van der Waals surface area contributed by atoms with E-state index in [1.807, 2.05) is 20.8 Å². The highest BCUT2D eigenvalue weighted by atomic mass is 35.5. The third kappa shape index (κ3) is 20.7. The molecule has 25 nitrogen and oxygen atoms in total. The van der Waals surface area contributed by atoms with Crippen LogP contribution in [-0.2, 0) is 62.3 Å². The van der Waals surface area contributed by atoms with Crippen LogP contribution in [0.25, 0.3) is 0 Å². The third-order valence-electron chi connectivity index (χ3n) is 24.2. The molecule has 2 bridgehead atoms. The number of amides is 12. The summed E-state index contributed by atoms with van der Waals surface area (Å²) >= 11 is 6.37. The topological polar surface area (TPSA) is 279 Å². The molecule has 4 aliphatic carbocycles. The van der Waals surface area contributed by atoms with Crippen LogP contribution < -0.4 is 16.0 Å². The van der Waals surface area contributed by atoms with Gasteiger partial charge in [-0.2, -0.15) is 13.2 Å². The van der Waals surface area contributed by atoms with Crippen molar-refractivity contribution in [2.24, 2.45) is 35.5 Å². The van der Waals surface area contributed by atoms with Crippen LogP contribution in [-0.4, -0.2) is 287 Å². The number of halogens is 7. The van der Waals surface area contributed by atoms with E-state index in [1.54, 1.807) is 6.92 Å². The van der Waals surface area contributed by atoms with E-state index in [1.165, 1.54) is 66.8 Å². The van der Waals surface area contributed by atoms with E-state index in [9.17, 15) is 36.7 Å². The van der Waals surface area contributed by atoms with Crippen LogP contribution in [0.2, 0.25) is 0 Å².